The fourth-order valence-electron chi connectivity index (χ4n) is 2.89. The lowest BCUT2D eigenvalue weighted by Gasteiger charge is -2.37. The van der Waals surface area contributed by atoms with Crippen molar-refractivity contribution in [2.24, 2.45) is 4.99 Å². The van der Waals surface area contributed by atoms with Gasteiger partial charge in [-0.1, -0.05) is 0 Å². The molecule has 0 saturated carbocycles. The maximum Gasteiger partial charge on any atom is 0.410 e. The molecule has 146 valence electrons. The van der Waals surface area contributed by atoms with Crippen molar-refractivity contribution in [3.63, 3.8) is 0 Å². The number of guanidine groups is 1. The second-order valence-electron chi connectivity index (χ2n) is 7.48. The van der Waals surface area contributed by atoms with E-state index in [0.717, 1.165) is 44.1 Å². The van der Waals surface area contributed by atoms with Crippen molar-refractivity contribution in [1.29, 1.82) is 0 Å². The lowest BCUT2D eigenvalue weighted by molar-refractivity contribution is 0.0104. The lowest BCUT2D eigenvalue weighted by Crippen LogP contribution is -2.52. The summed E-state index contributed by atoms with van der Waals surface area (Å²) < 4.78 is 10.9. The summed E-state index contributed by atoms with van der Waals surface area (Å²) in [6.07, 6.45) is 4.51. The van der Waals surface area contributed by atoms with Crippen molar-refractivity contribution >= 4 is 12.1 Å². The smallest absolute Gasteiger partial charge is 0.410 e. The molecule has 0 aliphatic carbocycles. The average molecular weight is 364 g/mol. The van der Waals surface area contributed by atoms with Crippen molar-refractivity contribution in [3.05, 3.63) is 24.2 Å². The van der Waals surface area contributed by atoms with Crippen LogP contribution >= 0.6 is 0 Å². The first-order chi connectivity index (χ1) is 12.4. The number of carbonyl (C=O) groups excluding carboxylic acids is 1. The highest BCUT2D eigenvalue weighted by atomic mass is 16.6. The van der Waals surface area contributed by atoms with Crippen LogP contribution in [-0.2, 0) is 11.3 Å². The maximum absolute atomic E-state index is 12.5. The van der Waals surface area contributed by atoms with Gasteiger partial charge in [-0.15, -0.1) is 0 Å². The number of hydrogen-bond donors (Lipinski definition) is 2. The van der Waals surface area contributed by atoms with E-state index in [-0.39, 0.29) is 12.1 Å². The Morgan fingerprint density at radius 2 is 2.19 bits per heavy atom. The first-order valence-electron chi connectivity index (χ1n) is 9.43. The standard InChI is InChI=1S/C19H32N4O3/c1-5-20-17(22-14-16-10-8-12-25-16)21-13-15-9-6-7-11-23(15)18(24)26-19(2,3)4/h8,10,12,15H,5-7,9,11,13-14H2,1-4H3,(H2,20,21,22). The summed E-state index contributed by atoms with van der Waals surface area (Å²) in [5.41, 5.74) is -0.480. The summed E-state index contributed by atoms with van der Waals surface area (Å²) in [5.74, 6) is 1.54. The quantitative estimate of drug-likeness (QED) is 0.620. The SMILES string of the molecule is CCNC(=NCc1ccco1)NCC1CCCCN1C(=O)OC(C)(C)C. The Kier molecular flexibility index (Phi) is 7.36. The summed E-state index contributed by atoms with van der Waals surface area (Å²) in [7, 11) is 0. The Hall–Kier alpha value is -2.18. The molecule has 1 saturated heterocycles. The van der Waals surface area contributed by atoms with Gasteiger partial charge in [-0.2, -0.15) is 0 Å². The van der Waals surface area contributed by atoms with Gasteiger partial charge in [0.25, 0.3) is 0 Å². The van der Waals surface area contributed by atoms with Crippen LogP contribution in [0.25, 0.3) is 0 Å². The topological polar surface area (TPSA) is 79.1 Å². The van der Waals surface area contributed by atoms with Gasteiger partial charge in [0.05, 0.1) is 12.3 Å². The predicted molar refractivity (Wildman–Crippen MR) is 102 cm³/mol. The van der Waals surface area contributed by atoms with Crippen LogP contribution in [0.3, 0.4) is 0 Å². The first-order valence-corrected chi connectivity index (χ1v) is 9.43. The number of furan rings is 1. The number of likely N-dealkylation sites (tertiary alicyclic amines) is 1. The van der Waals surface area contributed by atoms with E-state index in [2.05, 4.69) is 15.6 Å². The number of aliphatic imine (C=N–C) groups is 1. The number of amides is 1. The van der Waals surface area contributed by atoms with Crippen molar-refractivity contribution in [2.75, 3.05) is 19.6 Å². The van der Waals surface area contributed by atoms with Gasteiger partial charge in [-0.25, -0.2) is 9.79 Å². The zero-order chi connectivity index (χ0) is 19.0. The number of piperidine rings is 1. The minimum atomic E-state index is -0.480. The highest BCUT2D eigenvalue weighted by Gasteiger charge is 2.30. The molecular weight excluding hydrogens is 332 g/mol. The Labute approximate surface area is 156 Å². The molecule has 1 fully saturated rings. The van der Waals surface area contributed by atoms with E-state index >= 15 is 0 Å². The number of ether oxygens (including phenoxy) is 1. The summed E-state index contributed by atoms with van der Waals surface area (Å²) >= 11 is 0. The first kappa shape index (κ1) is 20.1. The molecule has 0 radical (unpaired) electrons. The van der Waals surface area contributed by atoms with Gasteiger partial charge in [-0.3, -0.25) is 0 Å². The Morgan fingerprint density at radius 3 is 2.85 bits per heavy atom. The van der Waals surface area contributed by atoms with E-state index in [1.54, 1.807) is 6.26 Å². The second-order valence-corrected chi connectivity index (χ2v) is 7.48. The molecule has 1 amide bonds. The molecule has 2 N–H and O–H groups in total. The zero-order valence-electron chi connectivity index (χ0n) is 16.4. The number of carbonyl (C=O) groups is 1. The summed E-state index contributed by atoms with van der Waals surface area (Å²) in [5, 5.41) is 6.58. The summed E-state index contributed by atoms with van der Waals surface area (Å²) in [6.45, 7) is 10.3. The summed E-state index contributed by atoms with van der Waals surface area (Å²) in [4.78, 5) is 18.9. The third-order valence-corrected chi connectivity index (χ3v) is 4.08. The molecule has 1 aliphatic heterocycles. The molecule has 0 spiro atoms. The molecule has 7 heteroatoms. The van der Waals surface area contributed by atoms with Crippen LogP contribution in [0.15, 0.2) is 27.8 Å². The fourth-order valence-corrected chi connectivity index (χ4v) is 2.89. The Bertz CT molecular complexity index is 578. The van der Waals surface area contributed by atoms with Crippen LogP contribution in [0.4, 0.5) is 4.79 Å². The van der Waals surface area contributed by atoms with Crippen LogP contribution in [0.2, 0.25) is 0 Å². The number of nitrogens with zero attached hydrogens (tertiary/aromatic N) is 2. The van der Waals surface area contributed by atoms with Gasteiger partial charge < -0.3 is 24.7 Å². The maximum atomic E-state index is 12.5. The van der Waals surface area contributed by atoms with Crippen molar-refractivity contribution < 1.29 is 13.9 Å². The van der Waals surface area contributed by atoms with E-state index in [9.17, 15) is 4.79 Å². The Morgan fingerprint density at radius 1 is 1.38 bits per heavy atom. The van der Waals surface area contributed by atoms with Crippen molar-refractivity contribution in [1.82, 2.24) is 15.5 Å². The molecule has 1 unspecified atom stereocenters. The largest absolute Gasteiger partial charge is 0.467 e. The van der Waals surface area contributed by atoms with Crippen LogP contribution in [0, 0.1) is 0 Å². The minimum Gasteiger partial charge on any atom is -0.467 e. The average Bonchev–Trinajstić information content (AvgIpc) is 3.09. The molecule has 7 nitrogen and oxygen atoms in total. The second kappa shape index (κ2) is 9.50. The monoisotopic (exact) mass is 364 g/mol. The zero-order valence-corrected chi connectivity index (χ0v) is 16.4. The third-order valence-electron chi connectivity index (χ3n) is 4.08. The van der Waals surface area contributed by atoms with Crippen LogP contribution in [0.1, 0.15) is 52.7 Å². The molecule has 0 bridgehead atoms. The molecule has 1 aliphatic rings. The van der Waals surface area contributed by atoms with Crippen LogP contribution in [0.5, 0.6) is 0 Å². The highest BCUT2D eigenvalue weighted by Crippen LogP contribution is 2.20. The van der Waals surface area contributed by atoms with E-state index in [1.807, 2.05) is 44.7 Å². The molecule has 2 heterocycles. The van der Waals surface area contributed by atoms with Gasteiger partial charge in [0.15, 0.2) is 5.96 Å². The van der Waals surface area contributed by atoms with Crippen molar-refractivity contribution in [3.8, 4) is 0 Å². The molecule has 1 aromatic rings. The predicted octanol–water partition coefficient (Wildman–Crippen LogP) is 3.12. The Balaban J connectivity index is 1.94. The lowest BCUT2D eigenvalue weighted by atomic mass is 10.0. The van der Waals surface area contributed by atoms with Crippen LogP contribution < -0.4 is 10.6 Å². The number of rotatable bonds is 5. The van der Waals surface area contributed by atoms with E-state index < -0.39 is 5.60 Å². The molecule has 1 aromatic heterocycles. The number of hydrogen-bond acceptors (Lipinski definition) is 4. The van der Waals surface area contributed by atoms with E-state index in [1.165, 1.54) is 0 Å². The van der Waals surface area contributed by atoms with Gasteiger partial charge in [-0.05, 0) is 59.1 Å². The normalized spacial score (nSPS) is 18.5. The molecule has 1 atom stereocenters. The molecule has 0 aromatic carbocycles. The highest BCUT2D eigenvalue weighted by molar-refractivity contribution is 5.79. The van der Waals surface area contributed by atoms with Crippen LogP contribution in [-0.4, -0.2) is 48.2 Å². The van der Waals surface area contributed by atoms with Crippen molar-refractivity contribution in [2.45, 2.75) is 65.1 Å². The van der Waals surface area contributed by atoms with Gasteiger partial charge in [0, 0.05) is 19.6 Å². The van der Waals surface area contributed by atoms with E-state index in [4.69, 9.17) is 9.15 Å². The molecular formula is C19H32N4O3. The molecule has 2 rings (SSSR count). The third kappa shape index (κ3) is 6.61. The fraction of sp³-hybridized carbons (Fsp3) is 0.684. The van der Waals surface area contributed by atoms with E-state index in [0.29, 0.717) is 13.1 Å². The minimum absolute atomic E-state index is 0.103. The molecule has 26 heavy (non-hydrogen) atoms. The van der Waals surface area contributed by atoms with Gasteiger partial charge in [0.1, 0.15) is 17.9 Å². The van der Waals surface area contributed by atoms with Gasteiger partial charge in [0.2, 0.25) is 0 Å². The summed E-state index contributed by atoms with van der Waals surface area (Å²) in [6, 6.07) is 3.86. The van der Waals surface area contributed by atoms with Gasteiger partial charge >= 0.3 is 6.09 Å². The number of nitrogens with one attached hydrogen (secondary N) is 2.